The van der Waals surface area contributed by atoms with Gasteiger partial charge in [-0.05, 0) is 35.4 Å². The van der Waals surface area contributed by atoms with Crippen molar-refractivity contribution in [2.75, 3.05) is 17.6 Å². The van der Waals surface area contributed by atoms with Crippen LogP contribution in [0.4, 0.5) is 11.4 Å². The Morgan fingerprint density at radius 1 is 0.833 bits per heavy atom. The van der Waals surface area contributed by atoms with E-state index in [1.165, 1.54) is 0 Å². The molecule has 3 nitrogen and oxygen atoms in total. The average molecular weight is 258 g/mol. The predicted molar refractivity (Wildman–Crippen MR) is 76.0 cm³/mol. The van der Waals surface area contributed by atoms with Gasteiger partial charge in [-0.15, -0.1) is 0 Å². The lowest BCUT2D eigenvalue weighted by molar-refractivity contribution is 0.596. The predicted octanol–water partition coefficient (Wildman–Crippen LogP) is 3.27. The maximum absolute atomic E-state index is 10.9. The minimum Gasteiger partial charge on any atom is -0.399 e. The molecular weight excluding hydrogens is 243 g/mol. The highest BCUT2D eigenvalue weighted by molar-refractivity contribution is 7.23. The Kier molecular flexibility index (Phi) is 3.96. The summed E-state index contributed by atoms with van der Waals surface area (Å²) in [6.07, 6.45) is 0.549. The highest BCUT2D eigenvalue weighted by Crippen LogP contribution is 2.28. The van der Waals surface area contributed by atoms with Crippen LogP contribution in [-0.2, 0) is 4.57 Å². The molecule has 2 rings (SSSR count). The van der Waals surface area contributed by atoms with Gasteiger partial charge in [0.05, 0.1) is 0 Å². The summed E-state index contributed by atoms with van der Waals surface area (Å²) in [5.74, 6) is 0.102. The number of benzene rings is 2. The molecule has 0 aromatic heterocycles. The third-order valence-corrected chi connectivity index (χ3v) is 3.45. The summed E-state index contributed by atoms with van der Waals surface area (Å²) in [5.41, 5.74) is 15.0. The summed E-state index contributed by atoms with van der Waals surface area (Å²) < 4.78 is 10.9. The molecule has 4 N–H and O–H groups in total. The lowest BCUT2D eigenvalue weighted by Gasteiger charge is -2.15. The Bertz CT molecular complexity index is 477. The molecule has 2 aromatic rings. The fourth-order valence-electron chi connectivity index (χ4n) is 1.93. The quantitative estimate of drug-likeness (QED) is 0.653. The number of nitrogen functional groups attached to an aromatic ring is 2. The third-order valence-electron chi connectivity index (χ3n) is 2.93. The van der Waals surface area contributed by atoms with Crippen molar-refractivity contribution in [2.24, 2.45) is 0 Å². The molecule has 0 radical (unpaired) electrons. The molecule has 0 spiro atoms. The smallest absolute Gasteiger partial charge is 0.156 e. The first-order valence-corrected chi connectivity index (χ1v) is 6.70. The molecule has 18 heavy (non-hydrogen) atoms. The van der Waals surface area contributed by atoms with Gasteiger partial charge >= 0.3 is 0 Å². The zero-order valence-electron chi connectivity index (χ0n) is 9.91. The summed E-state index contributed by atoms with van der Waals surface area (Å²) >= 11 is 0. The van der Waals surface area contributed by atoms with Gasteiger partial charge in [0.1, 0.15) is 0 Å². The molecule has 0 aliphatic rings. The van der Waals surface area contributed by atoms with Gasteiger partial charge in [0.2, 0.25) is 0 Å². The molecule has 0 bridgehead atoms. The van der Waals surface area contributed by atoms with E-state index in [9.17, 15) is 4.57 Å². The second-order valence-electron chi connectivity index (χ2n) is 4.20. The Morgan fingerprint density at radius 2 is 1.22 bits per heavy atom. The van der Waals surface area contributed by atoms with Crippen molar-refractivity contribution in [3.8, 4) is 0 Å². The molecule has 0 saturated carbocycles. The first-order chi connectivity index (χ1) is 8.70. The normalized spacial score (nSPS) is 10.9. The minimum absolute atomic E-state index is 0.102. The van der Waals surface area contributed by atoms with Crippen LogP contribution in [0.3, 0.4) is 0 Å². The summed E-state index contributed by atoms with van der Waals surface area (Å²) in [6, 6.07) is 15.3. The molecule has 4 heteroatoms. The van der Waals surface area contributed by atoms with Gasteiger partial charge in [0.15, 0.2) is 8.46 Å². The molecule has 2 aromatic carbocycles. The number of anilines is 2. The second kappa shape index (κ2) is 5.65. The summed E-state index contributed by atoms with van der Waals surface area (Å²) in [7, 11) is 0.133. The SMILES string of the molecule is Nc1ccc(C(CP=O)c2ccc(N)cc2)cc1. The number of hydrogen-bond donors (Lipinski definition) is 2. The molecule has 0 heterocycles. The van der Waals surface area contributed by atoms with E-state index >= 15 is 0 Å². The van der Waals surface area contributed by atoms with Crippen molar-refractivity contribution < 1.29 is 4.57 Å². The van der Waals surface area contributed by atoms with Crippen LogP contribution < -0.4 is 11.5 Å². The minimum atomic E-state index is 0.102. The molecule has 0 aliphatic heterocycles. The van der Waals surface area contributed by atoms with E-state index in [-0.39, 0.29) is 14.4 Å². The van der Waals surface area contributed by atoms with Crippen molar-refractivity contribution in [1.82, 2.24) is 0 Å². The molecule has 0 unspecified atom stereocenters. The van der Waals surface area contributed by atoms with Crippen LogP contribution in [-0.4, -0.2) is 6.16 Å². The van der Waals surface area contributed by atoms with Gasteiger partial charge in [-0.2, -0.15) is 0 Å². The van der Waals surface area contributed by atoms with Crippen LogP contribution >= 0.6 is 8.46 Å². The summed E-state index contributed by atoms with van der Waals surface area (Å²) in [5, 5.41) is 0. The van der Waals surface area contributed by atoms with Gasteiger partial charge in [0.25, 0.3) is 0 Å². The molecule has 0 saturated heterocycles. The lowest BCUT2D eigenvalue weighted by Crippen LogP contribution is -2.03. The van der Waals surface area contributed by atoms with E-state index in [1.54, 1.807) is 0 Å². The summed E-state index contributed by atoms with van der Waals surface area (Å²) in [4.78, 5) is 0. The van der Waals surface area contributed by atoms with Gasteiger partial charge < -0.3 is 11.5 Å². The molecule has 0 aliphatic carbocycles. The molecule has 0 atom stereocenters. The zero-order valence-corrected chi connectivity index (χ0v) is 10.8. The van der Waals surface area contributed by atoms with Gasteiger partial charge in [-0.25, -0.2) is 0 Å². The Labute approximate surface area is 108 Å². The number of rotatable bonds is 4. The largest absolute Gasteiger partial charge is 0.399 e. The molecule has 92 valence electrons. The van der Waals surface area contributed by atoms with Crippen molar-refractivity contribution in [1.29, 1.82) is 0 Å². The fraction of sp³-hybridized carbons (Fsp3) is 0.143. The fourth-order valence-corrected chi connectivity index (χ4v) is 2.51. The van der Waals surface area contributed by atoms with E-state index in [2.05, 4.69) is 0 Å². The first-order valence-electron chi connectivity index (χ1n) is 5.70. The highest BCUT2D eigenvalue weighted by atomic mass is 31.1. The third kappa shape index (κ3) is 2.88. The maximum Gasteiger partial charge on any atom is 0.156 e. The topological polar surface area (TPSA) is 69.1 Å². The van der Waals surface area contributed by atoms with Crippen LogP contribution in [0.5, 0.6) is 0 Å². The second-order valence-corrected chi connectivity index (χ2v) is 4.82. The zero-order chi connectivity index (χ0) is 13.0. The number of hydrogen-bond acceptors (Lipinski definition) is 3. The van der Waals surface area contributed by atoms with Crippen LogP contribution in [0.25, 0.3) is 0 Å². The van der Waals surface area contributed by atoms with Gasteiger partial charge in [-0.3, -0.25) is 4.57 Å². The molecule has 0 amide bonds. The average Bonchev–Trinajstić information content (AvgIpc) is 2.39. The van der Waals surface area contributed by atoms with Crippen molar-refractivity contribution in [2.45, 2.75) is 5.92 Å². The Hall–Kier alpha value is -1.86. The van der Waals surface area contributed by atoms with Crippen LogP contribution in [0.1, 0.15) is 17.0 Å². The van der Waals surface area contributed by atoms with E-state index in [1.807, 2.05) is 48.5 Å². The number of nitrogens with two attached hydrogens (primary N) is 2. The first kappa shape index (κ1) is 12.6. The molecular formula is C14H15N2OP. The van der Waals surface area contributed by atoms with Crippen LogP contribution in [0.2, 0.25) is 0 Å². The monoisotopic (exact) mass is 258 g/mol. The van der Waals surface area contributed by atoms with Crippen molar-refractivity contribution in [3.63, 3.8) is 0 Å². The van der Waals surface area contributed by atoms with Gasteiger partial charge in [0, 0.05) is 23.5 Å². The van der Waals surface area contributed by atoms with E-state index in [0.29, 0.717) is 6.16 Å². The van der Waals surface area contributed by atoms with E-state index < -0.39 is 0 Å². The summed E-state index contributed by atoms with van der Waals surface area (Å²) in [6.45, 7) is 0. The standard InChI is InChI=1S/C14H15N2OP/c15-12-5-1-10(2-6-12)14(9-18-17)11-3-7-13(16)8-4-11/h1-8,14H,9,15-16H2. The van der Waals surface area contributed by atoms with Crippen molar-refractivity contribution >= 4 is 19.8 Å². The van der Waals surface area contributed by atoms with E-state index in [4.69, 9.17) is 11.5 Å². The maximum atomic E-state index is 10.9. The Balaban J connectivity index is 2.35. The van der Waals surface area contributed by atoms with Crippen LogP contribution in [0.15, 0.2) is 48.5 Å². The van der Waals surface area contributed by atoms with Crippen molar-refractivity contribution in [3.05, 3.63) is 59.7 Å². The molecule has 0 fully saturated rings. The van der Waals surface area contributed by atoms with E-state index in [0.717, 1.165) is 22.5 Å². The lowest BCUT2D eigenvalue weighted by atomic mass is 9.93. The highest BCUT2D eigenvalue weighted by Gasteiger charge is 2.13. The van der Waals surface area contributed by atoms with Gasteiger partial charge in [-0.1, -0.05) is 24.3 Å². The Morgan fingerprint density at radius 3 is 1.56 bits per heavy atom. The van der Waals surface area contributed by atoms with Crippen LogP contribution in [0, 0.1) is 0 Å².